The standard InChI is InChI=1S/C17H33N3O2/c1-16(2,3)14(13-20-9-5-6-10-20)18-15(21)17(22)7-11-19(4)12-8-17/h14,22H,5-13H2,1-4H3,(H,18,21). The van der Waals surface area contributed by atoms with Gasteiger partial charge in [-0.3, -0.25) is 4.79 Å². The number of amides is 1. The van der Waals surface area contributed by atoms with E-state index in [4.69, 9.17) is 0 Å². The van der Waals surface area contributed by atoms with Crippen molar-refractivity contribution in [1.82, 2.24) is 15.1 Å². The minimum absolute atomic E-state index is 0.0138. The molecule has 0 radical (unpaired) electrons. The Bertz CT molecular complexity index is 378. The summed E-state index contributed by atoms with van der Waals surface area (Å²) in [6, 6.07) is 0.0711. The Hall–Kier alpha value is -0.650. The SMILES string of the molecule is CN1CCC(O)(C(=O)NC(CN2CCCC2)C(C)(C)C)CC1. The third-order valence-corrected chi connectivity index (χ3v) is 5.23. The predicted octanol–water partition coefficient (Wildman–Crippen LogP) is 1.07. The second kappa shape index (κ2) is 6.85. The smallest absolute Gasteiger partial charge is 0.252 e. The molecule has 2 aliphatic rings. The van der Waals surface area contributed by atoms with E-state index in [9.17, 15) is 9.90 Å². The second-order valence-electron chi connectivity index (χ2n) is 8.23. The molecular formula is C17H33N3O2. The van der Waals surface area contributed by atoms with Crippen molar-refractivity contribution in [3.05, 3.63) is 0 Å². The lowest BCUT2D eigenvalue weighted by atomic mass is 9.84. The highest BCUT2D eigenvalue weighted by Crippen LogP contribution is 2.25. The Balaban J connectivity index is 1.98. The number of likely N-dealkylation sites (tertiary alicyclic amines) is 2. The molecule has 0 aromatic heterocycles. The van der Waals surface area contributed by atoms with Crippen LogP contribution in [0, 0.1) is 5.41 Å². The van der Waals surface area contributed by atoms with Crippen molar-refractivity contribution >= 4 is 5.91 Å². The van der Waals surface area contributed by atoms with Gasteiger partial charge in [0.05, 0.1) is 0 Å². The molecule has 1 unspecified atom stereocenters. The number of aliphatic hydroxyl groups is 1. The van der Waals surface area contributed by atoms with E-state index in [1.54, 1.807) is 0 Å². The van der Waals surface area contributed by atoms with Gasteiger partial charge in [0.15, 0.2) is 0 Å². The van der Waals surface area contributed by atoms with Crippen molar-refractivity contribution in [2.24, 2.45) is 5.41 Å². The highest BCUT2D eigenvalue weighted by atomic mass is 16.3. The Labute approximate surface area is 135 Å². The molecule has 5 heteroatoms. The van der Waals surface area contributed by atoms with Gasteiger partial charge in [0.1, 0.15) is 5.60 Å². The Morgan fingerprint density at radius 2 is 1.73 bits per heavy atom. The minimum atomic E-state index is -1.19. The van der Waals surface area contributed by atoms with E-state index in [0.717, 1.165) is 32.7 Å². The summed E-state index contributed by atoms with van der Waals surface area (Å²) in [6.45, 7) is 11.2. The van der Waals surface area contributed by atoms with Crippen LogP contribution >= 0.6 is 0 Å². The van der Waals surface area contributed by atoms with Gasteiger partial charge in [-0.15, -0.1) is 0 Å². The maximum Gasteiger partial charge on any atom is 0.252 e. The van der Waals surface area contributed by atoms with Gasteiger partial charge in [0.2, 0.25) is 0 Å². The van der Waals surface area contributed by atoms with Crippen molar-refractivity contribution in [1.29, 1.82) is 0 Å². The zero-order chi connectivity index (χ0) is 16.4. The van der Waals surface area contributed by atoms with Crippen LogP contribution < -0.4 is 5.32 Å². The van der Waals surface area contributed by atoms with E-state index >= 15 is 0 Å². The quantitative estimate of drug-likeness (QED) is 0.815. The number of piperidine rings is 1. The van der Waals surface area contributed by atoms with E-state index in [1.165, 1.54) is 12.8 Å². The molecule has 0 saturated carbocycles. The summed E-state index contributed by atoms with van der Waals surface area (Å²) in [5.41, 5.74) is -1.21. The first-order chi connectivity index (χ1) is 10.2. The predicted molar refractivity (Wildman–Crippen MR) is 88.7 cm³/mol. The molecule has 0 aliphatic carbocycles. The normalized spacial score (nSPS) is 25.1. The fourth-order valence-electron chi connectivity index (χ4n) is 3.27. The van der Waals surface area contributed by atoms with Crippen molar-refractivity contribution in [2.45, 2.75) is 58.1 Å². The van der Waals surface area contributed by atoms with Crippen molar-refractivity contribution in [2.75, 3.05) is 39.8 Å². The monoisotopic (exact) mass is 311 g/mol. The van der Waals surface area contributed by atoms with Crippen molar-refractivity contribution < 1.29 is 9.90 Å². The fourth-order valence-corrected chi connectivity index (χ4v) is 3.27. The number of hydrogen-bond donors (Lipinski definition) is 2. The lowest BCUT2D eigenvalue weighted by Crippen LogP contribution is -2.59. The van der Waals surface area contributed by atoms with Crippen LogP contribution in [0.25, 0.3) is 0 Å². The van der Waals surface area contributed by atoms with Crippen LogP contribution in [-0.4, -0.2) is 72.2 Å². The molecule has 2 heterocycles. The topological polar surface area (TPSA) is 55.8 Å². The largest absolute Gasteiger partial charge is 0.380 e. The third-order valence-electron chi connectivity index (χ3n) is 5.23. The average Bonchev–Trinajstić information content (AvgIpc) is 2.93. The molecule has 2 N–H and O–H groups in total. The maximum atomic E-state index is 12.7. The first-order valence-corrected chi connectivity index (χ1v) is 8.65. The zero-order valence-electron chi connectivity index (χ0n) is 14.7. The Morgan fingerprint density at radius 1 is 1.18 bits per heavy atom. The summed E-state index contributed by atoms with van der Waals surface area (Å²) in [4.78, 5) is 17.2. The van der Waals surface area contributed by atoms with Crippen LogP contribution in [-0.2, 0) is 4.79 Å². The second-order valence-corrected chi connectivity index (χ2v) is 8.23. The number of carbonyl (C=O) groups is 1. The summed E-state index contributed by atoms with van der Waals surface area (Å²) in [5.74, 6) is -0.181. The van der Waals surface area contributed by atoms with Gasteiger partial charge in [-0.2, -0.15) is 0 Å². The highest BCUT2D eigenvalue weighted by Gasteiger charge is 2.41. The molecule has 2 saturated heterocycles. The lowest BCUT2D eigenvalue weighted by molar-refractivity contribution is -0.146. The van der Waals surface area contributed by atoms with Crippen molar-refractivity contribution in [3.8, 4) is 0 Å². The molecular weight excluding hydrogens is 278 g/mol. The van der Waals surface area contributed by atoms with Crippen LogP contribution in [0.5, 0.6) is 0 Å². The van der Waals surface area contributed by atoms with Crippen LogP contribution in [0.1, 0.15) is 46.5 Å². The third kappa shape index (κ3) is 4.43. The summed E-state index contributed by atoms with van der Waals surface area (Å²) < 4.78 is 0. The molecule has 2 rings (SSSR count). The maximum absolute atomic E-state index is 12.7. The molecule has 0 spiro atoms. The van der Waals surface area contributed by atoms with Gasteiger partial charge in [-0.05, 0) is 51.2 Å². The molecule has 128 valence electrons. The average molecular weight is 311 g/mol. The molecule has 5 nitrogen and oxygen atoms in total. The minimum Gasteiger partial charge on any atom is -0.380 e. The summed E-state index contributed by atoms with van der Waals surface area (Å²) in [7, 11) is 2.03. The summed E-state index contributed by atoms with van der Waals surface area (Å²) in [5, 5.41) is 13.8. The summed E-state index contributed by atoms with van der Waals surface area (Å²) >= 11 is 0. The van der Waals surface area contributed by atoms with E-state index in [1.807, 2.05) is 7.05 Å². The zero-order valence-corrected chi connectivity index (χ0v) is 14.7. The molecule has 2 aliphatic heterocycles. The fraction of sp³-hybridized carbons (Fsp3) is 0.941. The van der Waals surface area contributed by atoms with Gasteiger partial charge < -0.3 is 20.2 Å². The Morgan fingerprint density at radius 3 is 2.23 bits per heavy atom. The molecule has 0 aromatic rings. The van der Waals surface area contributed by atoms with Crippen molar-refractivity contribution in [3.63, 3.8) is 0 Å². The van der Waals surface area contributed by atoms with Crippen LogP contribution in [0.2, 0.25) is 0 Å². The van der Waals surface area contributed by atoms with Crippen LogP contribution in [0.4, 0.5) is 0 Å². The van der Waals surface area contributed by atoms with Gasteiger partial charge in [-0.25, -0.2) is 0 Å². The summed E-state index contributed by atoms with van der Waals surface area (Å²) in [6.07, 6.45) is 3.55. The molecule has 22 heavy (non-hydrogen) atoms. The molecule has 0 bridgehead atoms. The van der Waals surface area contributed by atoms with Crippen LogP contribution in [0.3, 0.4) is 0 Å². The number of carbonyl (C=O) groups excluding carboxylic acids is 1. The van der Waals surface area contributed by atoms with E-state index in [-0.39, 0.29) is 17.4 Å². The van der Waals surface area contributed by atoms with Gasteiger partial charge in [-0.1, -0.05) is 20.8 Å². The van der Waals surface area contributed by atoms with E-state index in [0.29, 0.717) is 12.8 Å². The van der Waals surface area contributed by atoms with E-state index in [2.05, 4.69) is 35.9 Å². The van der Waals surface area contributed by atoms with Gasteiger partial charge in [0.25, 0.3) is 5.91 Å². The van der Waals surface area contributed by atoms with E-state index < -0.39 is 5.60 Å². The van der Waals surface area contributed by atoms with Crippen LogP contribution in [0.15, 0.2) is 0 Å². The molecule has 0 aromatic carbocycles. The highest BCUT2D eigenvalue weighted by molar-refractivity contribution is 5.85. The number of nitrogens with zero attached hydrogens (tertiary/aromatic N) is 2. The number of rotatable bonds is 4. The number of nitrogens with one attached hydrogen (secondary N) is 1. The van der Waals surface area contributed by atoms with Gasteiger partial charge >= 0.3 is 0 Å². The lowest BCUT2D eigenvalue weighted by Gasteiger charge is -2.39. The molecule has 2 fully saturated rings. The first-order valence-electron chi connectivity index (χ1n) is 8.65. The number of hydrogen-bond acceptors (Lipinski definition) is 4. The van der Waals surface area contributed by atoms with Gasteiger partial charge in [0, 0.05) is 25.7 Å². The Kier molecular flexibility index (Phi) is 5.51. The molecule has 1 amide bonds. The molecule has 1 atom stereocenters. The first kappa shape index (κ1) is 17.7.